The molecule has 2 aromatic rings. The molecule has 0 saturated heterocycles. The van der Waals surface area contributed by atoms with Crippen LogP contribution in [-0.4, -0.2) is 9.97 Å². The number of anilines is 4. The van der Waals surface area contributed by atoms with Crippen molar-refractivity contribution in [1.29, 1.82) is 5.26 Å². The lowest BCUT2D eigenvalue weighted by Crippen LogP contribution is -2.11. The molecule has 0 fully saturated rings. The van der Waals surface area contributed by atoms with Crippen LogP contribution in [0.2, 0.25) is 0 Å². The lowest BCUT2D eigenvalue weighted by molar-refractivity contribution is 1.15. The van der Waals surface area contributed by atoms with E-state index in [9.17, 15) is 0 Å². The van der Waals surface area contributed by atoms with E-state index in [-0.39, 0.29) is 5.95 Å². The predicted octanol–water partition coefficient (Wildman–Crippen LogP) is 1.27. The maximum atomic E-state index is 9.15. The minimum absolute atomic E-state index is 0.0871. The molecule has 0 spiro atoms. The fraction of sp³-hybridized carbons (Fsp3) is 0.0833. The second kappa shape index (κ2) is 5.20. The Hall–Kier alpha value is -2.85. The van der Waals surface area contributed by atoms with Crippen molar-refractivity contribution in [2.75, 3.05) is 16.5 Å². The number of hydrogen-bond donors (Lipinski definition) is 4. The van der Waals surface area contributed by atoms with E-state index >= 15 is 0 Å². The van der Waals surface area contributed by atoms with E-state index in [4.69, 9.17) is 16.8 Å². The molecule has 7 heteroatoms. The molecule has 2 rings (SSSR count). The first-order chi connectivity index (χ1) is 9.13. The summed E-state index contributed by atoms with van der Waals surface area (Å²) in [6.07, 6.45) is 0. The number of nitriles is 1. The zero-order chi connectivity index (χ0) is 13.8. The van der Waals surface area contributed by atoms with Gasteiger partial charge in [-0.25, -0.2) is 5.84 Å². The van der Waals surface area contributed by atoms with E-state index in [0.29, 0.717) is 22.9 Å². The number of benzene rings is 1. The van der Waals surface area contributed by atoms with Gasteiger partial charge in [-0.1, -0.05) is 12.1 Å². The second-order valence-corrected chi connectivity index (χ2v) is 3.88. The number of rotatable bonds is 3. The summed E-state index contributed by atoms with van der Waals surface area (Å²) in [7, 11) is 0. The average molecular weight is 255 g/mol. The van der Waals surface area contributed by atoms with Gasteiger partial charge in [-0.2, -0.15) is 15.2 Å². The molecule has 0 amide bonds. The third kappa shape index (κ3) is 2.70. The number of nitrogens with zero attached hydrogens (tertiary/aromatic N) is 3. The topological polar surface area (TPSA) is 126 Å². The number of aryl methyl sites for hydroxylation is 1. The summed E-state index contributed by atoms with van der Waals surface area (Å²) in [5, 5.41) is 12.2. The minimum Gasteiger partial charge on any atom is -0.368 e. The molecule has 6 N–H and O–H groups in total. The monoisotopic (exact) mass is 255 g/mol. The highest BCUT2D eigenvalue weighted by molar-refractivity contribution is 5.68. The van der Waals surface area contributed by atoms with Crippen LogP contribution in [0.3, 0.4) is 0 Å². The molecule has 0 unspecified atom stereocenters. The summed E-state index contributed by atoms with van der Waals surface area (Å²) in [6.45, 7) is 1.87. The molecular formula is C12H13N7. The van der Waals surface area contributed by atoms with Gasteiger partial charge in [0.1, 0.15) is 17.7 Å². The maximum Gasteiger partial charge on any atom is 0.223 e. The van der Waals surface area contributed by atoms with E-state index in [1.54, 1.807) is 12.1 Å². The SMILES string of the molecule is Cc1cccc(Nc2cc(NN)nc(N)n2)c1C#N. The van der Waals surface area contributed by atoms with Crippen LogP contribution >= 0.6 is 0 Å². The Labute approximate surface area is 110 Å². The molecule has 19 heavy (non-hydrogen) atoms. The largest absolute Gasteiger partial charge is 0.368 e. The Morgan fingerprint density at radius 1 is 1.26 bits per heavy atom. The van der Waals surface area contributed by atoms with Crippen molar-refractivity contribution < 1.29 is 0 Å². The van der Waals surface area contributed by atoms with Crippen molar-refractivity contribution in [1.82, 2.24) is 9.97 Å². The van der Waals surface area contributed by atoms with Crippen molar-refractivity contribution in [2.45, 2.75) is 6.92 Å². The molecule has 1 aromatic heterocycles. The van der Waals surface area contributed by atoms with Crippen LogP contribution in [0.4, 0.5) is 23.3 Å². The minimum atomic E-state index is 0.0871. The molecule has 0 aliphatic carbocycles. The highest BCUT2D eigenvalue weighted by Crippen LogP contribution is 2.23. The Morgan fingerprint density at radius 3 is 2.68 bits per heavy atom. The van der Waals surface area contributed by atoms with Crippen molar-refractivity contribution in [3.63, 3.8) is 0 Å². The average Bonchev–Trinajstić information content (AvgIpc) is 2.38. The summed E-state index contributed by atoms with van der Waals surface area (Å²) >= 11 is 0. The van der Waals surface area contributed by atoms with E-state index in [0.717, 1.165) is 5.56 Å². The smallest absolute Gasteiger partial charge is 0.223 e. The van der Waals surface area contributed by atoms with Gasteiger partial charge in [0.25, 0.3) is 0 Å². The fourth-order valence-electron chi connectivity index (χ4n) is 1.66. The lowest BCUT2D eigenvalue weighted by Gasteiger charge is -2.10. The zero-order valence-electron chi connectivity index (χ0n) is 10.3. The Bertz CT molecular complexity index is 645. The van der Waals surface area contributed by atoms with Crippen LogP contribution in [0.1, 0.15) is 11.1 Å². The first kappa shape index (κ1) is 12.6. The summed E-state index contributed by atoms with van der Waals surface area (Å²) in [5.74, 6) is 6.22. The number of aromatic nitrogens is 2. The summed E-state index contributed by atoms with van der Waals surface area (Å²) in [5.41, 5.74) is 10.1. The van der Waals surface area contributed by atoms with Crippen molar-refractivity contribution in [3.8, 4) is 6.07 Å². The first-order valence-corrected chi connectivity index (χ1v) is 5.52. The number of nitrogens with two attached hydrogens (primary N) is 2. The normalized spacial score (nSPS) is 9.74. The highest BCUT2D eigenvalue weighted by Gasteiger charge is 2.07. The van der Waals surface area contributed by atoms with Gasteiger partial charge in [-0.3, -0.25) is 0 Å². The third-order valence-electron chi connectivity index (χ3n) is 2.54. The molecule has 1 heterocycles. The summed E-state index contributed by atoms with van der Waals surface area (Å²) < 4.78 is 0. The third-order valence-corrected chi connectivity index (χ3v) is 2.54. The standard InChI is InChI=1S/C12H13N7/c1-7-3-2-4-9(8(7)6-13)16-10-5-11(19-15)18-12(14)17-10/h2-5H,15H2,1H3,(H4,14,16,17,18,19). The van der Waals surface area contributed by atoms with Gasteiger partial charge < -0.3 is 16.5 Å². The molecule has 0 aliphatic rings. The predicted molar refractivity (Wildman–Crippen MR) is 73.4 cm³/mol. The first-order valence-electron chi connectivity index (χ1n) is 5.52. The summed E-state index contributed by atoms with van der Waals surface area (Å²) in [6, 6.07) is 9.26. The molecule has 0 radical (unpaired) electrons. The molecule has 96 valence electrons. The Morgan fingerprint density at radius 2 is 2.00 bits per heavy atom. The Kier molecular flexibility index (Phi) is 3.45. The van der Waals surface area contributed by atoms with Crippen LogP contribution < -0.4 is 22.3 Å². The maximum absolute atomic E-state index is 9.15. The van der Waals surface area contributed by atoms with Crippen LogP contribution in [0, 0.1) is 18.3 Å². The van der Waals surface area contributed by atoms with E-state index in [1.807, 2.05) is 19.1 Å². The number of hydrogen-bond acceptors (Lipinski definition) is 7. The van der Waals surface area contributed by atoms with E-state index in [1.165, 1.54) is 0 Å². The van der Waals surface area contributed by atoms with Gasteiger partial charge in [0.15, 0.2) is 0 Å². The van der Waals surface area contributed by atoms with Crippen molar-refractivity contribution in [2.24, 2.45) is 5.84 Å². The van der Waals surface area contributed by atoms with Crippen LogP contribution in [0.25, 0.3) is 0 Å². The van der Waals surface area contributed by atoms with Crippen LogP contribution in [0.15, 0.2) is 24.3 Å². The number of nitrogens with one attached hydrogen (secondary N) is 2. The Balaban J connectivity index is 2.39. The van der Waals surface area contributed by atoms with E-state index < -0.39 is 0 Å². The number of nitrogen functional groups attached to an aromatic ring is 2. The van der Waals surface area contributed by atoms with Gasteiger partial charge >= 0.3 is 0 Å². The molecule has 0 atom stereocenters. The van der Waals surface area contributed by atoms with Gasteiger partial charge in [-0.05, 0) is 18.6 Å². The molecular weight excluding hydrogens is 242 g/mol. The number of hydrazine groups is 1. The van der Waals surface area contributed by atoms with Crippen LogP contribution in [-0.2, 0) is 0 Å². The molecule has 0 saturated carbocycles. The lowest BCUT2D eigenvalue weighted by atomic mass is 10.1. The highest BCUT2D eigenvalue weighted by atomic mass is 15.3. The van der Waals surface area contributed by atoms with Gasteiger partial charge in [0.05, 0.1) is 11.3 Å². The van der Waals surface area contributed by atoms with Gasteiger partial charge in [0.2, 0.25) is 5.95 Å². The quantitative estimate of drug-likeness (QED) is 0.480. The molecule has 0 aliphatic heterocycles. The van der Waals surface area contributed by atoms with Gasteiger partial charge in [-0.15, -0.1) is 0 Å². The van der Waals surface area contributed by atoms with E-state index in [2.05, 4.69) is 26.8 Å². The van der Waals surface area contributed by atoms with Crippen molar-refractivity contribution in [3.05, 3.63) is 35.4 Å². The van der Waals surface area contributed by atoms with Crippen LogP contribution in [0.5, 0.6) is 0 Å². The van der Waals surface area contributed by atoms with Gasteiger partial charge in [0, 0.05) is 6.07 Å². The van der Waals surface area contributed by atoms with Crippen molar-refractivity contribution >= 4 is 23.3 Å². The summed E-state index contributed by atoms with van der Waals surface area (Å²) in [4.78, 5) is 7.91. The fourth-order valence-corrected chi connectivity index (χ4v) is 1.66. The second-order valence-electron chi connectivity index (χ2n) is 3.88. The molecule has 1 aromatic carbocycles. The molecule has 7 nitrogen and oxygen atoms in total. The zero-order valence-corrected chi connectivity index (χ0v) is 10.3. The molecule has 0 bridgehead atoms.